The number of nitrogens with one attached hydrogen (secondary N) is 1. The highest BCUT2D eigenvalue weighted by Gasteiger charge is 2.33. The van der Waals surface area contributed by atoms with Crippen LogP contribution < -0.4 is 10.1 Å². The lowest BCUT2D eigenvalue weighted by Gasteiger charge is -2.14. The fourth-order valence-electron chi connectivity index (χ4n) is 2.00. The van der Waals surface area contributed by atoms with Crippen LogP contribution in [0.15, 0.2) is 34.7 Å². The normalized spacial score (nSPS) is 11.7. The quantitative estimate of drug-likeness (QED) is 0.909. The van der Waals surface area contributed by atoms with E-state index in [1.165, 1.54) is 19.2 Å². The number of aryl methyl sites for hydroxylation is 1. The summed E-state index contributed by atoms with van der Waals surface area (Å²) in [5.74, 6) is 1.65. The fourth-order valence-corrected chi connectivity index (χ4v) is 2.00. The van der Waals surface area contributed by atoms with Gasteiger partial charge < -0.3 is 14.5 Å². The number of hydrogen-bond donors (Lipinski definition) is 1. The van der Waals surface area contributed by atoms with E-state index in [0.717, 1.165) is 11.8 Å². The average Bonchev–Trinajstić information content (AvgIpc) is 2.83. The van der Waals surface area contributed by atoms with Gasteiger partial charge in [-0.15, -0.1) is 0 Å². The molecule has 21 heavy (non-hydrogen) atoms. The number of ether oxygens (including phenoxy) is 1. The first-order valence-corrected chi connectivity index (χ1v) is 6.40. The number of halogens is 3. The number of alkyl halides is 3. The summed E-state index contributed by atoms with van der Waals surface area (Å²) in [7, 11) is 1.34. The van der Waals surface area contributed by atoms with Gasteiger partial charge in [0.25, 0.3) is 0 Å². The van der Waals surface area contributed by atoms with Crippen LogP contribution >= 0.6 is 0 Å². The summed E-state index contributed by atoms with van der Waals surface area (Å²) in [5.41, 5.74) is -0.517. The van der Waals surface area contributed by atoms with E-state index < -0.39 is 11.7 Å². The van der Waals surface area contributed by atoms with Gasteiger partial charge in [0.2, 0.25) is 0 Å². The van der Waals surface area contributed by atoms with Gasteiger partial charge in [0, 0.05) is 6.54 Å². The largest absolute Gasteiger partial charge is 0.497 e. The third-order valence-corrected chi connectivity index (χ3v) is 3.03. The highest BCUT2D eigenvalue weighted by Crippen LogP contribution is 2.34. The van der Waals surface area contributed by atoms with Gasteiger partial charge in [0.15, 0.2) is 0 Å². The molecule has 0 bridgehead atoms. The Labute approximate surface area is 120 Å². The van der Waals surface area contributed by atoms with Crippen molar-refractivity contribution in [1.29, 1.82) is 0 Å². The Bertz CT molecular complexity index is 605. The maximum Gasteiger partial charge on any atom is 0.416 e. The Balaban J connectivity index is 2.08. The monoisotopic (exact) mass is 299 g/mol. The summed E-state index contributed by atoms with van der Waals surface area (Å²) in [6.07, 6.45) is -4.41. The molecule has 0 spiro atoms. The molecule has 3 nitrogen and oxygen atoms in total. The molecule has 0 aliphatic rings. The van der Waals surface area contributed by atoms with Crippen LogP contribution in [0.25, 0.3) is 0 Å². The van der Waals surface area contributed by atoms with Gasteiger partial charge in [0.05, 0.1) is 19.2 Å². The first-order chi connectivity index (χ1) is 9.90. The molecule has 1 N–H and O–H groups in total. The molecular weight excluding hydrogens is 283 g/mol. The van der Waals surface area contributed by atoms with Crippen molar-refractivity contribution in [2.75, 3.05) is 7.11 Å². The summed E-state index contributed by atoms with van der Waals surface area (Å²) in [5, 5.41) is 2.95. The Morgan fingerprint density at radius 2 is 1.90 bits per heavy atom. The van der Waals surface area contributed by atoms with E-state index >= 15 is 0 Å². The summed E-state index contributed by atoms with van der Waals surface area (Å²) in [4.78, 5) is 0. The molecule has 2 rings (SSSR count). The molecule has 0 aliphatic heterocycles. The van der Waals surface area contributed by atoms with Gasteiger partial charge in [-0.25, -0.2) is 0 Å². The predicted octanol–water partition coefficient (Wildman–Crippen LogP) is 3.91. The van der Waals surface area contributed by atoms with Crippen molar-refractivity contribution < 1.29 is 22.3 Å². The van der Waals surface area contributed by atoms with Gasteiger partial charge in [0.1, 0.15) is 17.3 Å². The maximum atomic E-state index is 13.0. The Kier molecular flexibility index (Phi) is 4.57. The minimum atomic E-state index is -4.41. The van der Waals surface area contributed by atoms with Gasteiger partial charge in [-0.05, 0) is 36.8 Å². The molecule has 1 aromatic heterocycles. The third kappa shape index (κ3) is 4.01. The van der Waals surface area contributed by atoms with Gasteiger partial charge in [-0.2, -0.15) is 13.2 Å². The van der Waals surface area contributed by atoms with Crippen molar-refractivity contribution in [2.45, 2.75) is 26.2 Å². The summed E-state index contributed by atoms with van der Waals surface area (Å²) in [6, 6.07) is 7.55. The second-order valence-electron chi connectivity index (χ2n) is 4.64. The van der Waals surface area contributed by atoms with Crippen molar-refractivity contribution in [3.63, 3.8) is 0 Å². The molecule has 1 heterocycles. The molecule has 0 saturated heterocycles. The smallest absolute Gasteiger partial charge is 0.416 e. The Morgan fingerprint density at radius 1 is 1.14 bits per heavy atom. The second-order valence-corrected chi connectivity index (χ2v) is 4.64. The van der Waals surface area contributed by atoms with Crippen molar-refractivity contribution in [3.8, 4) is 5.75 Å². The molecule has 0 atom stereocenters. The lowest BCUT2D eigenvalue weighted by molar-refractivity contribution is -0.138. The second kappa shape index (κ2) is 6.22. The molecule has 0 saturated carbocycles. The van der Waals surface area contributed by atoms with Crippen LogP contribution in [0, 0.1) is 6.92 Å². The van der Waals surface area contributed by atoms with Gasteiger partial charge in [-0.3, -0.25) is 0 Å². The number of benzene rings is 1. The first-order valence-electron chi connectivity index (χ1n) is 6.40. The molecule has 6 heteroatoms. The summed E-state index contributed by atoms with van der Waals surface area (Å²) < 4.78 is 49.2. The van der Waals surface area contributed by atoms with E-state index in [2.05, 4.69) is 5.32 Å². The lowest BCUT2D eigenvalue weighted by atomic mass is 10.1. The SMILES string of the molecule is COc1ccc(CNCc2ccc(C)o2)c(C(F)(F)F)c1. The molecule has 0 fully saturated rings. The van der Waals surface area contributed by atoms with Crippen molar-refractivity contribution in [2.24, 2.45) is 0 Å². The molecule has 0 radical (unpaired) electrons. The maximum absolute atomic E-state index is 13.0. The van der Waals surface area contributed by atoms with E-state index in [4.69, 9.17) is 9.15 Å². The zero-order valence-corrected chi connectivity index (χ0v) is 11.8. The number of hydrogen-bond acceptors (Lipinski definition) is 3. The molecule has 0 amide bonds. The minimum absolute atomic E-state index is 0.0958. The summed E-state index contributed by atoms with van der Waals surface area (Å²) in [6.45, 7) is 2.28. The molecule has 0 aliphatic carbocycles. The fraction of sp³-hybridized carbons (Fsp3) is 0.333. The highest BCUT2D eigenvalue weighted by atomic mass is 19.4. The van der Waals surface area contributed by atoms with E-state index in [-0.39, 0.29) is 17.9 Å². The average molecular weight is 299 g/mol. The molecule has 114 valence electrons. The first kappa shape index (κ1) is 15.4. The minimum Gasteiger partial charge on any atom is -0.497 e. The van der Waals surface area contributed by atoms with Crippen LogP contribution in [0.5, 0.6) is 5.75 Å². The topological polar surface area (TPSA) is 34.4 Å². The molecule has 2 aromatic rings. The zero-order chi connectivity index (χ0) is 15.5. The third-order valence-electron chi connectivity index (χ3n) is 3.03. The molecular formula is C15H16F3NO2. The van der Waals surface area contributed by atoms with Gasteiger partial charge in [-0.1, -0.05) is 6.07 Å². The van der Waals surface area contributed by atoms with E-state index in [9.17, 15) is 13.2 Å². The number of methoxy groups -OCH3 is 1. The van der Waals surface area contributed by atoms with Crippen molar-refractivity contribution >= 4 is 0 Å². The highest BCUT2D eigenvalue weighted by molar-refractivity contribution is 5.37. The standard InChI is InChI=1S/C15H16F3NO2/c1-10-3-5-13(21-10)9-19-8-11-4-6-12(20-2)7-14(11)15(16,17)18/h3-7,19H,8-9H2,1-2H3. The lowest BCUT2D eigenvalue weighted by Crippen LogP contribution is -2.17. The molecule has 1 aromatic carbocycles. The van der Waals surface area contributed by atoms with Crippen LogP contribution in [0.1, 0.15) is 22.6 Å². The van der Waals surface area contributed by atoms with E-state index in [0.29, 0.717) is 12.3 Å². The Hall–Kier alpha value is -1.95. The molecule has 0 unspecified atom stereocenters. The van der Waals surface area contributed by atoms with Gasteiger partial charge >= 0.3 is 6.18 Å². The van der Waals surface area contributed by atoms with Crippen LogP contribution in [0.4, 0.5) is 13.2 Å². The summed E-state index contributed by atoms with van der Waals surface area (Å²) >= 11 is 0. The predicted molar refractivity (Wildman–Crippen MR) is 72.0 cm³/mol. The number of furan rings is 1. The number of rotatable bonds is 5. The van der Waals surface area contributed by atoms with E-state index in [1.807, 2.05) is 13.0 Å². The zero-order valence-electron chi connectivity index (χ0n) is 11.8. The Morgan fingerprint density at radius 3 is 2.48 bits per heavy atom. The van der Waals surface area contributed by atoms with Crippen LogP contribution in [-0.2, 0) is 19.3 Å². The van der Waals surface area contributed by atoms with Crippen LogP contribution in [0.3, 0.4) is 0 Å². The van der Waals surface area contributed by atoms with Crippen LogP contribution in [-0.4, -0.2) is 7.11 Å². The van der Waals surface area contributed by atoms with Crippen molar-refractivity contribution in [3.05, 3.63) is 53.0 Å². The van der Waals surface area contributed by atoms with Crippen molar-refractivity contribution in [1.82, 2.24) is 5.32 Å². The van der Waals surface area contributed by atoms with Crippen LogP contribution in [0.2, 0.25) is 0 Å². The van der Waals surface area contributed by atoms with E-state index in [1.54, 1.807) is 6.07 Å².